The predicted molar refractivity (Wildman–Crippen MR) is 174 cm³/mol. The molecule has 2 unspecified atom stereocenters. The number of benzene rings is 1. The number of nitrogens with zero attached hydrogens (tertiary/aromatic N) is 2. The Morgan fingerprint density at radius 2 is 1.80 bits per heavy atom. The Morgan fingerprint density at radius 1 is 1.04 bits per heavy atom. The highest BCUT2D eigenvalue weighted by molar-refractivity contribution is 6.22. The maximum Gasteiger partial charge on any atom is 0.340 e. The zero-order valence-corrected chi connectivity index (χ0v) is 29.3. The second kappa shape index (κ2) is 11.3. The van der Waals surface area contributed by atoms with Gasteiger partial charge in [0.05, 0.1) is 48.3 Å². The molecule has 7 bridgehead atoms. The lowest BCUT2D eigenvalue weighted by Gasteiger charge is -2.70. The monoisotopic (exact) mass is 682 g/mol. The molecule has 2 heterocycles. The first-order valence-electron chi connectivity index (χ1n) is 17.9. The van der Waals surface area contributed by atoms with Crippen molar-refractivity contribution in [2.45, 2.75) is 87.6 Å². The fourth-order valence-electron chi connectivity index (χ4n) is 13.2. The number of imide groups is 1. The number of para-hydroxylation sites is 1. The van der Waals surface area contributed by atoms with Gasteiger partial charge in [0.15, 0.2) is 0 Å². The first-order chi connectivity index (χ1) is 23.4. The Balaban J connectivity index is 1.23. The number of hydrogen-bond donors (Lipinski definition) is 2. The molecule has 14 atom stereocenters. The lowest BCUT2D eigenvalue weighted by atomic mass is 9.42. The summed E-state index contributed by atoms with van der Waals surface area (Å²) in [5.41, 5.74) is -4.17. The van der Waals surface area contributed by atoms with Gasteiger partial charge in [-0.2, -0.15) is 0 Å². The number of likely N-dealkylation sites (N-methyl/N-ethyl adjacent to an activating group) is 1. The van der Waals surface area contributed by atoms with Gasteiger partial charge in [-0.1, -0.05) is 26.0 Å². The van der Waals surface area contributed by atoms with Gasteiger partial charge in [0.25, 0.3) is 0 Å². The molecule has 0 radical (unpaired) electrons. The number of rotatable bonds is 9. The van der Waals surface area contributed by atoms with Gasteiger partial charge in [-0.3, -0.25) is 14.5 Å². The van der Waals surface area contributed by atoms with E-state index in [0.717, 1.165) is 11.3 Å². The smallest absolute Gasteiger partial charge is 0.340 e. The normalized spacial score (nSPS) is 48.0. The maximum absolute atomic E-state index is 14.1. The Hall–Kier alpha value is -2.45. The molecule has 268 valence electrons. The number of ether oxygens (including phenoxy) is 5. The summed E-state index contributed by atoms with van der Waals surface area (Å²) in [5.74, 6) is -2.47. The SMILES string of the molecule is CCN1C[C@]2(COC(=O)c3ccccc3N3C(=O)C[C@H](C)C3=O)CC[C@H](OC)[C@@]34C2[C@H](OC)[C@](O)(C13)[C@@]1(O)C[C@H](OC)[C@H]2C[C@@H]4[C@@H]1[C@H]2OC. The van der Waals surface area contributed by atoms with Crippen LogP contribution in [0.2, 0.25) is 0 Å². The molecule has 2 aliphatic heterocycles. The molecule has 8 rings (SSSR count). The van der Waals surface area contributed by atoms with Crippen LogP contribution in [0.15, 0.2) is 24.3 Å². The Kier molecular flexibility index (Phi) is 7.75. The molecule has 12 heteroatoms. The molecule has 2 N–H and O–H groups in total. The van der Waals surface area contributed by atoms with Crippen molar-refractivity contribution in [1.82, 2.24) is 4.90 Å². The van der Waals surface area contributed by atoms with E-state index >= 15 is 0 Å². The van der Waals surface area contributed by atoms with Gasteiger partial charge < -0.3 is 33.9 Å². The summed E-state index contributed by atoms with van der Waals surface area (Å²) in [6.07, 6.45) is 0.813. The number of hydrogen-bond acceptors (Lipinski definition) is 11. The van der Waals surface area contributed by atoms with Crippen molar-refractivity contribution in [3.05, 3.63) is 29.8 Å². The molecular formula is C37H50N2O10. The average molecular weight is 683 g/mol. The molecule has 5 aliphatic carbocycles. The van der Waals surface area contributed by atoms with E-state index < -0.39 is 46.1 Å². The van der Waals surface area contributed by atoms with Crippen LogP contribution in [0.25, 0.3) is 0 Å². The van der Waals surface area contributed by atoms with Gasteiger partial charge in [-0.25, -0.2) is 9.69 Å². The summed E-state index contributed by atoms with van der Waals surface area (Å²) in [7, 11) is 6.70. The van der Waals surface area contributed by atoms with Crippen molar-refractivity contribution in [3.8, 4) is 0 Å². The minimum absolute atomic E-state index is 0.0358. The summed E-state index contributed by atoms with van der Waals surface area (Å²) in [4.78, 5) is 43.3. The Morgan fingerprint density at radius 3 is 2.43 bits per heavy atom. The minimum atomic E-state index is -1.70. The second-order valence-electron chi connectivity index (χ2n) is 16.0. The van der Waals surface area contributed by atoms with Gasteiger partial charge in [0.1, 0.15) is 11.2 Å². The first-order valence-corrected chi connectivity index (χ1v) is 17.9. The number of methoxy groups -OCH3 is 4. The molecule has 0 aromatic heterocycles. The average Bonchev–Trinajstić information content (AvgIpc) is 3.63. The van der Waals surface area contributed by atoms with E-state index in [1.54, 1.807) is 59.6 Å². The fourth-order valence-corrected chi connectivity index (χ4v) is 13.2. The predicted octanol–water partition coefficient (Wildman–Crippen LogP) is 2.04. The third-order valence-corrected chi connectivity index (χ3v) is 14.5. The third kappa shape index (κ3) is 3.86. The number of likely N-dealkylation sites (tertiary alicyclic amines) is 1. The van der Waals surface area contributed by atoms with Crippen LogP contribution < -0.4 is 4.90 Å². The lowest BCUT2D eigenvalue weighted by molar-refractivity contribution is -0.320. The highest BCUT2D eigenvalue weighted by Gasteiger charge is 2.91. The number of aliphatic hydroxyl groups is 2. The second-order valence-corrected chi connectivity index (χ2v) is 16.0. The molecule has 1 aromatic carbocycles. The van der Waals surface area contributed by atoms with E-state index in [9.17, 15) is 24.6 Å². The van der Waals surface area contributed by atoms with Crippen LogP contribution in [0, 0.1) is 40.4 Å². The zero-order chi connectivity index (χ0) is 34.8. The van der Waals surface area contributed by atoms with E-state index in [1.807, 2.05) is 0 Å². The highest BCUT2D eigenvalue weighted by atomic mass is 16.5. The van der Waals surface area contributed by atoms with E-state index in [4.69, 9.17) is 23.7 Å². The maximum atomic E-state index is 14.1. The van der Waals surface area contributed by atoms with E-state index in [2.05, 4.69) is 11.8 Å². The van der Waals surface area contributed by atoms with Crippen molar-refractivity contribution in [2.75, 3.05) is 53.0 Å². The number of fused-ring (bicyclic) bond motifs is 2. The summed E-state index contributed by atoms with van der Waals surface area (Å²) < 4.78 is 31.4. The third-order valence-electron chi connectivity index (χ3n) is 14.5. The van der Waals surface area contributed by atoms with Crippen molar-refractivity contribution >= 4 is 23.5 Å². The Bertz CT molecular complexity index is 1560. The number of esters is 1. The first kappa shape index (κ1) is 33.7. The van der Waals surface area contributed by atoms with E-state index in [-0.39, 0.29) is 84.5 Å². The molecule has 7 aliphatic rings. The number of piperidine rings is 1. The van der Waals surface area contributed by atoms with Crippen LogP contribution in [0.1, 0.15) is 56.3 Å². The summed E-state index contributed by atoms with van der Waals surface area (Å²) in [5, 5.41) is 26.6. The van der Waals surface area contributed by atoms with Crippen molar-refractivity contribution in [1.29, 1.82) is 0 Å². The highest BCUT2D eigenvalue weighted by Crippen LogP contribution is 2.80. The summed E-state index contributed by atoms with van der Waals surface area (Å²) in [6.45, 7) is 4.95. The van der Waals surface area contributed by atoms with Gasteiger partial charge >= 0.3 is 5.97 Å². The van der Waals surface area contributed by atoms with Gasteiger partial charge in [-0.15, -0.1) is 0 Å². The fraction of sp³-hybridized carbons (Fsp3) is 0.757. The van der Waals surface area contributed by atoms with Crippen LogP contribution in [0.5, 0.6) is 0 Å². The molecule has 2 amide bonds. The van der Waals surface area contributed by atoms with Gasteiger partial charge in [0.2, 0.25) is 11.8 Å². The molecule has 2 saturated heterocycles. The molecule has 7 fully saturated rings. The largest absolute Gasteiger partial charge is 0.461 e. The molecular weight excluding hydrogens is 632 g/mol. The van der Waals surface area contributed by atoms with Crippen molar-refractivity contribution in [3.63, 3.8) is 0 Å². The van der Waals surface area contributed by atoms with Crippen molar-refractivity contribution < 1.29 is 48.3 Å². The quantitative estimate of drug-likeness (QED) is 0.292. The molecule has 49 heavy (non-hydrogen) atoms. The minimum Gasteiger partial charge on any atom is -0.461 e. The van der Waals surface area contributed by atoms with E-state index in [0.29, 0.717) is 25.9 Å². The van der Waals surface area contributed by atoms with Crippen molar-refractivity contribution in [2.24, 2.45) is 40.4 Å². The number of amides is 2. The van der Waals surface area contributed by atoms with Gasteiger partial charge in [0, 0.05) is 82.3 Å². The lowest BCUT2D eigenvalue weighted by Crippen LogP contribution is -2.82. The van der Waals surface area contributed by atoms with E-state index in [1.165, 1.54) is 0 Å². The molecule has 1 spiro atoms. The van der Waals surface area contributed by atoms with Crippen LogP contribution in [-0.4, -0.2) is 123 Å². The number of anilines is 1. The topological polar surface area (TPSA) is 144 Å². The van der Waals surface area contributed by atoms with Crippen LogP contribution in [0.3, 0.4) is 0 Å². The van der Waals surface area contributed by atoms with Gasteiger partial charge in [-0.05, 0) is 43.9 Å². The van der Waals surface area contributed by atoms with Crippen LogP contribution in [-0.2, 0) is 33.3 Å². The molecule has 12 nitrogen and oxygen atoms in total. The number of carbonyl (C=O) groups is 3. The molecule has 1 aromatic rings. The Labute approximate surface area is 287 Å². The molecule has 5 saturated carbocycles. The number of carbonyl (C=O) groups excluding carboxylic acids is 3. The summed E-state index contributed by atoms with van der Waals surface area (Å²) >= 11 is 0. The van der Waals surface area contributed by atoms with Crippen LogP contribution >= 0.6 is 0 Å². The zero-order valence-electron chi connectivity index (χ0n) is 29.3. The summed E-state index contributed by atoms with van der Waals surface area (Å²) in [6, 6.07) is 6.12. The standard InChI is InChI=1S/C37H50N2O10/c1-7-38-17-34(18-49-32(42)20-10-8-9-11-23(20)39-26(40)14-19(2)31(39)41)13-12-25(46-4)36-22-15-21-24(45-3)16-35(43,27(22)28(21)47-5)37(44,33(36)38)30(48-6)29(34)36/h8-11,19,21-22,24-25,27-30,33,43-44H,7,12-18H2,1-6H3/t19-,21+,22+,24-,25-,27+,28-,29?,30-,33?,34-,35+,36-,37-/m0/s1. The van der Waals surface area contributed by atoms with Crippen LogP contribution in [0.4, 0.5) is 5.69 Å².